The Balaban J connectivity index is 1.66. The molecular weight excluding hydrogens is 283 g/mol. The third-order valence-electron chi connectivity index (χ3n) is 4.52. The number of halogens is 1. The summed E-state index contributed by atoms with van der Waals surface area (Å²) in [7, 11) is 0. The lowest BCUT2D eigenvalue weighted by Crippen LogP contribution is -2.51. The molecule has 2 aliphatic rings. The molecule has 1 aliphatic carbocycles. The summed E-state index contributed by atoms with van der Waals surface area (Å²) < 4.78 is 19.0. The number of hydrogen-bond donors (Lipinski definition) is 2. The molecule has 1 aromatic rings. The van der Waals surface area contributed by atoms with Gasteiger partial charge in [-0.3, -0.25) is 4.79 Å². The fraction of sp³-hybridized carbons (Fsp3) is 0.588. The number of ether oxygens (including phenoxy) is 1. The van der Waals surface area contributed by atoms with E-state index < -0.39 is 5.54 Å². The molecule has 1 saturated heterocycles. The Morgan fingerprint density at radius 3 is 2.77 bits per heavy atom. The standard InChI is InChI=1S/C17H23FN2O2/c18-15-3-1-2-14(10-15)17(6-8-22-9-7-17)20-16(21)12-19-11-13-4-5-13/h1-3,10,13,19H,4-9,11-12H2,(H,20,21). The van der Waals surface area contributed by atoms with Gasteiger partial charge in [0.05, 0.1) is 12.1 Å². The summed E-state index contributed by atoms with van der Waals surface area (Å²) in [6, 6.07) is 6.52. The van der Waals surface area contributed by atoms with E-state index in [1.807, 2.05) is 6.07 Å². The quantitative estimate of drug-likeness (QED) is 0.844. The van der Waals surface area contributed by atoms with Gasteiger partial charge in [-0.15, -0.1) is 0 Å². The first-order valence-corrected chi connectivity index (χ1v) is 8.03. The van der Waals surface area contributed by atoms with Gasteiger partial charge in [-0.1, -0.05) is 12.1 Å². The molecule has 2 fully saturated rings. The molecule has 1 saturated carbocycles. The maximum absolute atomic E-state index is 13.6. The lowest BCUT2D eigenvalue weighted by molar-refractivity contribution is -0.123. The molecule has 0 spiro atoms. The Hall–Kier alpha value is -1.46. The van der Waals surface area contributed by atoms with Crippen molar-refractivity contribution in [2.45, 2.75) is 31.2 Å². The van der Waals surface area contributed by atoms with Crippen LogP contribution in [-0.4, -0.2) is 32.2 Å². The molecule has 0 radical (unpaired) electrons. The minimum absolute atomic E-state index is 0.0354. The summed E-state index contributed by atoms with van der Waals surface area (Å²) in [4.78, 5) is 12.3. The summed E-state index contributed by atoms with van der Waals surface area (Å²) in [5.41, 5.74) is 0.310. The van der Waals surface area contributed by atoms with Gasteiger partial charge < -0.3 is 15.4 Å². The molecule has 0 atom stereocenters. The monoisotopic (exact) mass is 306 g/mol. The number of hydrogen-bond acceptors (Lipinski definition) is 3. The molecule has 22 heavy (non-hydrogen) atoms. The third-order valence-corrected chi connectivity index (χ3v) is 4.52. The maximum atomic E-state index is 13.6. The molecule has 1 aromatic carbocycles. The van der Waals surface area contributed by atoms with Crippen molar-refractivity contribution in [1.82, 2.24) is 10.6 Å². The predicted octanol–water partition coefficient (Wildman–Crippen LogP) is 1.95. The number of nitrogens with one attached hydrogen (secondary N) is 2. The van der Waals surface area contributed by atoms with Crippen molar-refractivity contribution in [1.29, 1.82) is 0 Å². The van der Waals surface area contributed by atoms with Crippen LogP contribution in [0.4, 0.5) is 4.39 Å². The Morgan fingerprint density at radius 1 is 1.32 bits per heavy atom. The maximum Gasteiger partial charge on any atom is 0.234 e. The summed E-state index contributed by atoms with van der Waals surface area (Å²) in [6.07, 6.45) is 3.87. The van der Waals surface area contributed by atoms with E-state index in [1.165, 1.54) is 25.0 Å². The van der Waals surface area contributed by atoms with E-state index in [9.17, 15) is 9.18 Å². The number of carbonyl (C=O) groups is 1. The van der Waals surface area contributed by atoms with Crippen molar-refractivity contribution in [3.05, 3.63) is 35.6 Å². The summed E-state index contributed by atoms with van der Waals surface area (Å²) in [6.45, 7) is 2.37. The van der Waals surface area contributed by atoms with E-state index >= 15 is 0 Å². The van der Waals surface area contributed by atoms with Crippen molar-refractivity contribution in [3.63, 3.8) is 0 Å². The second-order valence-electron chi connectivity index (χ2n) is 6.33. The second kappa shape index (κ2) is 6.75. The lowest BCUT2D eigenvalue weighted by Gasteiger charge is -2.38. The van der Waals surface area contributed by atoms with Crippen LogP contribution in [-0.2, 0) is 15.1 Å². The SMILES string of the molecule is O=C(CNCC1CC1)NC1(c2cccc(F)c2)CCOCC1. The van der Waals surface area contributed by atoms with Crippen LogP contribution in [0, 0.1) is 11.7 Å². The Bertz CT molecular complexity index is 525. The molecule has 1 aliphatic heterocycles. The number of benzene rings is 1. The minimum atomic E-state index is -0.515. The average Bonchev–Trinajstić information content (AvgIpc) is 3.32. The van der Waals surface area contributed by atoms with Gasteiger partial charge in [0.15, 0.2) is 0 Å². The predicted molar refractivity (Wildman–Crippen MR) is 81.9 cm³/mol. The first-order valence-electron chi connectivity index (χ1n) is 8.03. The molecule has 0 aromatic heterocycles. The minimum Gasteiger partial charge on any atom is -0.381 e. The summed E-state index contributed by atoms with van der Waals surface area (Å²) in [5, 5.41) is 6.32. The molecule has 0 bridgehead atoms. The first-order chi connectivity index (χ1) is 10.7. The van der Waals surface area contributed by atoms with E-state index in [2.05, 4.69) is 10.6 Å². The highest BCUT2D eigenvalue weighted by Gasteiger charge is 2.36. The van der Waals surface area contributed by atoms with Crippen LogP contribution in [0.2, 0.25) is 0 Å². The van der Waals surface area contributed by atoms with Crippen molar-refractivity contribution in [3.8, 4) is 0 Å². The molecule has 4 nitrogen and oxygen atoms in total. The van der Waals surface area contributed by atoms with E-state index in [0.29, 0.717) is 32.6 Å². The van der Waals surface area contributed by atoms with Gasteiger partial charge >= 0.3 is 0 Å². The number of rotatable bonds is 6. The average molecular weight is 306 g/mol. The van der Waals surface area contributed by atoms with Gasteiger partial charge in [-0.25, -0.2) is 4.39 Å². The highest BCUT2D eigenvalue weighted by molar-refractivity contribution is 5.79. The molecule has 2 N–H and O–H groups in total. The highest BCUT2D eigenvalue weighted by atomic mass is 19.1. The molecule has 1 heterocycles. The van der Waals surface area contributed by atoms with Crippen molar-refractivity contribution >= 4 is 5.91 Å². The van der Waals surface area contributed by atoms with Gasteiger partial charge in [0.2, 0.25) is 5.91 Å². The lowest BCUT2D eigenvalue weighted by atomic mass is 9.82. The zero-order valence-electron chi connectivity index (χ0n) is 12.7. The van der Waals surface area contributed by atoms with Crippen LogP contribution in [0.3, 0.4) is 0 Å². The van der Waals surface area contributed by atoms with Gasteiger partial charge in [0.1, 0.15) is 5.82 Å². The van der Waals surface area contributed by atoms with Crippen LogP contribution in [0.1, 0.15) is 31.2 Å². The van der Waals surface area contributed by atoms with Gasteiger partial charge in [0.25, 0.3) is 0 Å². The number of carbonyl (C=O) groups excluding carboxylic acids is 1. The molecule has 1 amide bonds. The largest absolute Gasteiger partial charge is 0.381 e. The fourth-order valence-corrected chi connectivity index (χ4v) is 3.01. The first kappa shape index (κ1) is 15.4. The smallest absolute Gasteiger partial charge is 0.234 e. The van der Waals surface area contributed by atoms with E-state index in [0.717, 1.165) is 18.0 Å². The fourth-order valence-electron chi connectivity index (χ4n) is 3.01. The zero-order chi connectivity index (χ0) is 15.4. The van der Waals surface area contributed by atoms with Crippen LogP contribution in [0.5, 0.6) is 0 Å². The highest BCUT2D eigenvalue weighted by Crippen LogP contribution is 2.32. The Morgan fingerprint density at radius 2 is 2.09 bits per heavy atom. The second-order valence-corrected chi connectivity index (χ2v) is 6.33. The third kappa shape index (κ3) is 3.84. The molecule has 3 rings (SSSR count). The van der Waals surface area contributed by atoms with Gasteiger partial charge in [-0.2, -0.15) is 0 Å². The van der Waals surface area contributed by atoms with Gasteiger partial charge in [-0.05, 0) is 55.8 Å². The van der Waals surface area contributed by atoms with Crippen LogP contribution in [0.25, 0.3) is 0 Å². The molecule has 120 valence electrons. The Labute approximate surface area is 130 Å². The van der Waals surface area contributed by atoms with Crippen molar-refractivity contribution in [2.75, 3.05) is 26.3 Å². The van der Waals surface area contributed by atoms with Crippen LogP contribution >= 0.6 is 0 Å². The zero-order valence-corrected chi connectivity index (χ0v) is 12.7. The van der Waals surface area contributed by atoms with E-state index in [-0.39, 0.29) is 11.7 Å². The van der Waals surface area contributed by atoms with Crippen molar-refractivity contribution in [2.24, 2.45) is 5.92 Å². The van der Waals surface area contributed by atoms with Crippen LogP contribution in [0.15, 0.2) is 24.3 Å². The molecule has 5 heteroatoms. The Kier molecular flexibility index (Phi) is 4.74. The van der Waals surface area contributed by atoms with E-state index in [4.69, 9.17) is 4.74 Å². The molecular formula is C17H23FN2O2. The topological polar surface area (TPSA) is 50.4 Å². The number of amides is 1. The normalized spacial score (nSPS) is 20.6. The van der Waals surface area contributed by atoms with E-state index in [1.54, 1.807) is 6.07 Å². The summed E-state index contributed by atoms with van der Waals surface area (Å²) in [5.74, 6) is 0.435. The summed E-state index contributed by atoms with van der Waals surface area (Å²) >= 11 is 0. The van der Waals surface area contributed by atoms with Gasteiger partial charge in [0, 0.05) is 13.2 Å². The van der Waals surface area contributed by atoms with Crippen LogP contribution < -0.4 is 10.6 Å². The molecule has 0 unspecified atom stereocenters. The van der Waals surface area contributed by atoms with Crippen molar-refractivity contribution < 1.29 is 13.9 Å².